The van der Waals surface area contributed by atoms with E-state index in [2.05, 4.69) is 57.1 Å². The molecule has 0 aromatic heterocycles. The monoisotopic (exact) mass is 289 g/mol. The number of rotatable bonds is 2. The molecule has 4 nitrogen and oxygen atoms in total. The van der Waals surface area contributed by atoms with Crippen molar-refractivity contribution >= 4 is 11.6 Å². The van der Waals surface area contributed by atoms with E-state index in [9.17, 15) is 4.79 Å². The Kier molecular flexibility index (Phi) is 4.02. The molecule has 1 aromatic carbocycles. The fraction of sp³-hybridized carbons (Fsp3) is 0.588. The van der Waals surface area contributed by atoms with Gasteiger partial charge in [0.25, 0.3) is 5.91 Å². The van der Waals surface area contributed by atoms with E-state index in [0.717, 1.165) is 12.1 Å². The second-order valence-corrected chi connectivity index (χ2v) is 6.97. The zero-order valence-electron chi connectivity index (χ0n) is 13.9. The summed E-state index contributed by atoms with van der Waals surface area (Å²) < 4.78 is 0. The van der Waals surface area contributed by atoms with Gasteiger partial charge in [-0.2, -0.15) is 0 Å². The van der Waals surface area contributed by atoms with E-state index < -0.39 is 0 Å². The van der Waals surface area contributed by atoms with Gasteiger partial charge in [-0.1, -0.05) is 13.0 Å². The fourth-order valence-electron chi connectivity index (χ4n) is 3.68. The lowest BCUT2D eigenvalue weighted by Gasteiger charge is -2.50. The first-order valence-corrected chi connectivity index (χ1v) is 7.60. The maximum absolute atomic E-state index is 12.1. The summed E-state index contributed by atoms with van der Waals surface area (Å²) in [5.74, 6) is 5.68. The molecule has 0 fully saturated rings. The zero-order chi connectivity index (χ0) is 15.9. The van der Waals surface area contributed by atoms with Gasteiger partial charge in [-0.3, -0.25) is 10.2 Å². The molecule has 21 heavy (non-hydrogen) atoms. The highest BCUT2D eigenvalue weighted by molar-refractivity contribution is 5.85. The van der Waals surface area contributed by atoms with Crippen LogP contribution >= 0.6 is 0 Å². The number of carbonyl (C=O) groups is 1. The van der Waals surface area contributed by atoms with Crippen molar-refractivity contribution in [1.82, 2.24) is 5.43 Å². The Balaban J connectivity index is 2.61. The summed E-state index contributed by atoms with van der Waals surface area (Å²) in [6, 6.07) is 4.19. The van der Waals surface area contributed by atoms with Crippen molar-refractivity contribution < 1.29 is 4.79 Å². The summed E-state index contributed by atoms with van der Waals surface area (Å²) in [6.45, 7) is 12.8. The van der Waals surface area contributed by atoms with Crippen molar-refractivity contribution in [3.05, 3.63) is 28.8 Å². The van der Waals surface area contributed by atoms with E-state index in [1.54, 1.807) is 0 Å². The molecule has 1 amide bonds. The SMILES string of the molecule is Cc1cc2c(cc1C)N([C@H](C)C(=O)NN)C(C)(C)C[C@@H]2C. The third-order valence-electron chi connectivity index (χ3n) is 4.80. The summed E-state index contributed by atoms with van der Waals surface area (Å²) in [5, 5.41) is 0. The molecule has 4 heteroatoms. The number of aryl methyl sites for hydroxylation is 2. The van der Waals surface area contributed by atoms with E-state index >= 15 is 0 Å². The molecule has 1 aromatic rings. The number of benzene rings is 1. The number of nitrogens with one attached hydrogen (secondary N) is 1. The first-order chi connectivity index (χ1) is 9.69. The number of fused-ring (bicyclic) bond motifs is 1. The Morgan fingerprint density at radius 1 is 1.38 bits per heavy atom. The van der Waals surface area contributed by atoms with Crippen molar-refractivity contribution in [3.8, 4) is 0 Å². The molecule has 1 aliphatic heterocycles. The van der Waals surface area contributed by atoms with Crippen LogP contribution in [0.5, 0.6) is 0 Å². The summed E-state index contributed by atoms with van der Waals surface area (Å²) >= 11 is 0. The first kappa shape index (κ1) is 15.8. The van der Waals surface area contributed by atoms with Crippen molar-refractivity contribution in [3.63, 3.8) is 0 Å². The van der Waals surface area contributed by atoms with E-state index in [0.29, 0.717) is 5.92 Å². The van der Waals surface area contributed by atoms with Gasteiger partial charge in [0.2, 0.25) is 0 Å². The van der Waals surface area contributed by atoms with Gasteiger partial charge < -0.3 is 4.90 Å². The number of hydrazine groups is 1. The van der Waals surface area contributed by atoms with Crippen LogP contribution < -0.4 is 16.2 Å². The Labute approximate surface area is 127 Å². The fourth-order valence-corrected chi connectivity index (χ4v) is 3.68. The first-order valence-electron chi connectivity index (χ1n) is 7.60. The number of anilines is 1. The van der Waals surface area contributed by atoms with Crippen molar-refractivity contribution in [2.45, 2.75) is 65.5 Å². The van der Waals surface area contributed by atoms with Crippen LogP contribution in [0, 0.1) is 13.8 Å². The van der Waals surface area contributed by atoms with Gasteiger partial charge in [0, 0.05) is 11.2 Å². The van der Waals surface area contributed by atoms with Crippen LogP contribution in [0.25, 0.3) is 0 Å². The number of hydrogen-bond acceptors (Lipinski definition) is 3. The van der Waals surface area contributed by atoms with Crippen LogP contribution in [0.1, 0.15) is 56.7 Å². The molecule has 0 aliphatic carbocycles. The molecule has 2 rings (SSSR count). The predicted octanol–water partition coefficient (Wildman–Crippen LogP) is 2.77. The minimum Gasteiger partial charge on any atom is -0.354 e. The number of hydrogen-bond donors (Lipinski definition) is 2. The van der Waals surface area contributed by atoms with E-state index in [1.807, 2.05) is 6.92 Å². The number of amides is 1. The van der Waals surface area contributed by atoms with Gasteiger partial charge in [-0.25, -0.2) is 5.84 Å². The smallest absolute Gasteiger partial charge is 0.256 e. The minimum atomic E-state index is -0.293. The van der Waals surface area contributed by atoms with Gasteiger partial charge in [-0.15, -0.1) is 0 Å². The largest absolute Gasteiger partial charge is 0.354 e. The van der Waals surface area contributed by atoms with Crippen molar-refractivity contribution in [2.75, 3.05) is 4.90 Å². The Morgan fingerprint density at radius 2 is 1.95 bits per heavy atom. The molecule has 0 saturated heterocycles. The lowest BCUT2D eigenvalue weighted by atomic mass is 9.78. The van der Waals surface area contributed by atoms with Crippen LogP contribution in [0.15, 0.2) is 12.1 Å². The van der Waals surface area contributed by atoms with Crippen LogP contribution in [0.4, 0.5) is 5.69 Å². The zero-order valence-corrected chi connectivity index (χ0v) is 13.9. The summed E-state index contributed by atoms with van der Waals surface area (Å²) in [5.41, 5.74) is 7.25. The van der Waals surface area contributed by atoms with Gasteiger partial charge in [0.05, 0.1) is 0 Å². The number of carbonyl (C=O) groups excluding carboxylic acids is 1. The average molecular weight is 289 g/mol. The molecule has 0 radical (unpaired) electrons. The highest BCUT2D eigenvalue weighted by atomic mass is 16.2. The summed E-state index contributed by atoms with van der Waals surface area (Å²) in [6.07, 6.45) is 1.02. The van der Waals surface area contributed by atoms with Crippen LogP contribution in [-0.2, 0) is 4.79 Å². The lowest BCUT2D eigenvalue weighted by molar-refractivity contribution is -0.122. The Morgan fingerprint density at radius 3 is 2.52 bits per heavy atom. The molecule has 0 unspecified atom stereocenters. The van der Waals surface area contributed by atoms with Crippen molar-refractivity contribution in [2.24, 2.45) is 5.84 Å². The molecule has 116 valence electrons. The van der Waals surface area contributed by atoms with Gasteiger partial charge in [0.15, 0.2) is 0 Å². The maximum Gasteiger partial charge on any atom is 0.256 e. The predicted molar refractivity (Wildman–Crippen MR) is 87.3 cm³/mol. The molecule has 0 saturated carbocycles. The number of nitrogens with two attached hydrogens (primary N) is 1. The van der Waals surface area contributed by atoms with Gasteiger partial charge in [-0.05, 0) is 69.7 Å². The highest BCUT2D eigenvalue weighted by Crippen LogP contribution is 2.45. The molecule has 0 bridgehead atoms. The topological polar surface area (TPSA) is 58.4 Å². The summed E-state index contributed by atoms with van der Waals surface area (Å²) in [4.78, 5) is 14.3. The Bertz CT molecular complexity index is 565. The third kappa shape index (κ3) is 2.64. The third-order valence-corrected chi connectivity index (χ3v) is 4.80. The lowest BCUT2D eigenvalue weighted by Crippen LogP contribution is -2.58. The van der Waals surface area contributed by atoms with E-state index in [4.69, 9.17) is 5.84 Å². The maximum atomic E-state index is 12.1. The second kappa shape index (κ2) is 5.34. The second-order valence-electron chi connectivity index (χ2n) is 6.97. The van der Waals surface area contributed by atoms with Crippen LogP contribution in [-0.4, -0.2) is 17.5 Å². The van der Waals surface area contributed by atoms with Gasteiger partial charge >= 0.3 is 0 Å². The molecule has 2 atom stereocenters. The molecule has 1 aliphatic rings. The highest BCUT2D eigenvalue weighted by Gasteiger charge is 2.40. The normalized spacial score (nSPS) is 21.7. The molecule has 0 spiro atoms. The standard InChI is InChI=1S/C17H27N3O/c1-10-7-14-12(3)9-17(5,6)20(13(4)16(21)19-18)15(14)8-11(10)2/h7-8,12-13H,9,18H2,1-6H3,(H,19,21)/t12-,13+/m0/s1. The average Bonchev–Trinajstić information content (AvgIpc) is 2.39. The van der Waals surface area contributed by atoms with E-state index in [1.165, 1.54) is 16.7 Å². The summed E-state index contributed by atoms with van der Waals surface area (Å²) in [7, 11) is 0. The molecule has 3 N–H and O–H groups in total. The van der Waals surface area contributed by atoms with Gasteiger partial charge in [0.1, 0.15) is 6.04 Å². The number of nitrogens with zero attached hydrogens (tertiary/aromatic N) is 1. The minimum absolute atomic E-state index is 0.0833. The van der Waals surface area contributed by atoms with E-state index in [-0.39, 0.29) is 17.5 Å². The molecular weight excluding hydrogens is 262 g/mol. The quantitative estimate of drug-likeness (QED) is 0.500. The van der Waals surface area contributed by atoms with Crippen LogP contribution in [0.3, 0.4) is 0 Å². The Hall–Kier alpha value is -1.55. The molecular formula is C17H27N3O. The van der Waals surface area contributed by atoms with Crippen molar-refractivity contribution in [1.29, 1.82) is 0 Å². The molecule has 1 heterocycles. The van der Waals surface area contributed by atoms with Crippen LogP contribution in [0.2, 0.25) is 0 Å².